The van der Waals surface area contributed by atoms with E-state index in [0.717, 1.165) is 15.8 Å². The molecule has 1 saturated heterocycles. The van der Waals surface area contributed by atoms with Crippen molar-refractivity contribution in [1.29, 1.82) is 0 Å². The summed E-state index contributed by atoms with van der Waals surface area (Å²) in [4.78, 5) is 32.7. The molecule has 1 aliphatic rings. The lowest BCUT2D eigenvalue weighted by atomic mass is 9.95. The predicted octanol–water partition coefficient (Wildman–Crippen LogP) is 5.25. The van der Waals surface area contributed by atoms with Crippen molar-refractivity contribution in [3.63, 3.8) is 0 Å². The van der Waals surface area contributed by atoms with Crippen molar-refractivity contribution in [1.82, 2.24) is 4.98 Å². The van der Waals surface area contributed by atoms with Crippen molar-refractivity contribution in [3.05, 3.63) is 89.0 Å². The van der Waals surface area contributed by atoms with Gasteiger partial charge in [-0.3, -0.25) is 14.5 Å². The Morgan fingerprint density at radius 1 is 0.971 bits per heavy atom. The Hall–Kier alpha value is -4.17. The number of fused-ring (bicyclic) bond motifs is 1. The lowest BCUT2D eigenvalue weighted by Crippen LogP contribution is -2.29. The summed E-state index contributed by atoms with van der Waals surface area (Å²) in [6.07, 6.45) is 0. The maximum absolute atomic E-state index is 13.4. The number of hydrogen-bond donors (Lipinski definition) is 1. The number of aliphatic hydroxyl groups excluding tert-OH is 1. The third-order valence-corrected chi connectivity index (χ3v) is 6.97. The number of Topliss-reactive ketones (excluding diaryl/α,β-unsaturated/α-hetero) is 1. The van der Waals surface area contributed by atoms with Crippen molar-refractivity contribution in [3.8, 4) is 11.5 Å². The van der Waals surface area contributed by atoms with E-state index >= 15 is 0 Å². The first-order valence-corrected chi connectivity index (χ1v) is 11.7. The molecule has 1 atom stereocenters. The highest BCUT2D eigenvalue weighted by Crippen LogP contribution is 2.45. The fourth-order valence-electron chi connectivity index (χ4n) is 4.18. The Labute approximate surface area is 205 Å². The third-order valence-electron chi connectivity index (χ3n) is 5.96. The first kappa shape index (κ1) is 22.6. The van der Waals surface area contributed by atoms with E-state index in [4.69, 9.17) is 9.47 Å². The van der Waals surface area contributed by atoms with E-state index in [1.165, 1.54) is 16.2 Å². The molecule has 2 heterocycles. The molecule has 1 unspecified atom stereocenters. The molecule has 0 saturated carbocycles. The van der Waals surface area contributed by atoms with Crippen molar-refractivity contribution >= 4 is 44.1 Å². The van der Waals surface area contributed by atoms with Gasteiger partial charge in [-0.05, 0) is 66.6 Å². The molecule has 0 radical (unpaired) electrons. The number of carbonyl (C=O) groups excluding carboxylic acids is 2. The molecule has 3 aromatic carbocycles. The van der Waals surface area contributed by atoms with Crippen LogP contribution >= 0.6 is 11.3 Å². The number of rotatable bonds is 5. The molecule has 0 spiro atoms. The first-order valence-electron chi connectivity index (χ1n) is 10.9. The van der Waals surface area contributed by atoms with E-state index in [1.54, 1.807) is 62.8 Å². The van der Waals surface area contributed by atoms with E-state index in [0.29, 0.717) is 27.8 Å². The highest BCUT2D eigenvalue weighted by molar-refractivity contribution is 7.22. The third kappa shape index (κ3) is 3.91. The minimum Gasteiger partial charge on any atom is -0.507 e. The predicted molar refractivity (Wildman–Crippen MR) is 135 cm³/mol. The zero-order valence-electron chi connectivity index (χ0n) is 19.3. The van der Waals surface area contributed by atoms with E-state index in [9.17, 15) is 14.7 Å². The average Bonchev–Trinajstić information content (AvgIpc) is 3.41. The number of aromatic nitrogens is 1. The molecular weight excluding hydrogens is 464 g/mol. The molecule has 5 rings (SSSR count). The highest BCUT2D eigenvalue weighted by Gasteiger charge is 2.48. The summed E-state index contributed by atoms with van der Waals surface area (Å²) >= 11 is 1.33. The van der Waals surface area contributed by atoms with Gasteiger partial charge in [-0.1, -0.05) is 29.5 Å². The fourth-order valence-corrected chi connectivity index (χ4v) is 5.27. The number of nitrogens with zero attached hydrogens (tertiary/aromatic N) is 2. The molecule has 1 aromatic heterocycles. The second-order valence-electron chi connectivity index (χ2n) is 8.14. The highest BCUT2D eigenvalue weighted by atomic mass is 32.1. The molecule has 176 valence electrons. The van der Waals surface area contributed by atoms with Crippen molar-refractivity contribution in [2.75, 3.05) is 19.1 Å². The maximum Gasteiger partial charge on any atom is 0.301 e. The number of aliphatic hydroxyl groups is 1. The lowest BCUT2D eigenvalue weighted by molar-refractivity contribution is -0.132. The van der Waals surface area contributed by atoms with Crippen LogP contribution in [-0.2, 0) is 9.59 Å². The summed E-state index contributed by atoms with van der Waals surface area (Å²) in [5.41, 5.74) is 2.81. The Kier molecular flexibility index (Phi) is 5.74. The van der Waals surface area contributed by atoms with E-state index < -0.39 is 17.7 Å². The number of benzene rings is 3. The molecule has 0 bridgehead atoms. The van der Waals surface area contributed by atoms with Crippen molar-refractivity contribution in [2.24, 2.45) is 0 Å². The van der Waals surface area contributed by atoms with Gasteiger partial charge in [-0.2, -0.15) is 0 Å². The monoisotopic (exact) mass is 486 g/mol. The molecule has 4 aromatic rings. The number of thiazole rings is 1. The van der Waals surface area contributed by atoms with E-state index in [1.807, 2.05) is 25.1 Å². The van der Waals surface area contributed by atoms with Gasteiger partial charge in [0.25, 0.3) is 5.78 Å². The first-order chi connectivity index (χ1) is 16.9. The lowest BCUT2D eigenvalue weighted by Gasteiger charge is -2.23. The minimum absolute atomic E-state index is 0.0103. The van der Waals surface area contributed by atoms with Crippen LogP contribution in [0.2, 0.25) is 0 Å². The summed E-state index contributed by atoms with van der Waals surface area (Å²) in [7, 11) is 3.09. The van der Waals surface area contributed by atoms with Crippen LogP contribution < -0.4 is 14.4 Å². The summed E-state index contributed by atoms with van der Waals surface area (Å²) in [6, 6.07) is 18.7. The SMILES string of the molecule is COc1ccc(/C(O)=C2\C(=O)C(=O)N(c3nc4ccc(C)cc4s3)C2c2cccc(OC)c2)cc1. The van der Waals surface area contributed by atoms with Gasteiger partial charge in [0.2, 0.25) is 0 Å². The molecule has 35 heavy (non-hydrogen) atoms. The van der Waals surface area contributed by atoms with Gasteiger partial charge in [0.15, 0.2) is 5.13 Å². The number of methoxy groups -OCH3 is 2. The van der Waals surface area contributed by atoms with Crippen LogP contribution in [0.5, 0.6) is 11.5 Å². The van der Waals surface area contributed by atoms with Crippen LogP contribution in [0.4, 0.5) is 5.13 Å². The topological polar surface area (TPSA) is 89.0 Å². The molecule has 1 N–H and O–H groups in total. The fraction of sp³-hybridized carbons (Fsp3) is 0.148. The van der Waals surface area contributed by atoms with Crippen LogP contribution in [0, 0.1) is 6.92 Å². The molecule has 1 fully saturated rings. The van der Waals surface area contributed by atoms with Gasteiger partial charge in [0, 0.05) is 5.56 Å². The molecule has 1 aliphatic heterocycles. The second kappa shape index (κ2) is 8.88. The Bertz CT molecular complexity index is 1490. The van der Waals surface area contributed by atoms with Crippen LogP contribution in [0.1, 0.15) is 22.7 Å². The number of anilines is 1. The van der Waals surface area contributed by atoms with Crippen molar-refractivity contribution in [2.45, 2.75) is 13.0 Å². The molecular formula is C27H22N2O5S. The number of amides is 1. The van der Waals surface area contributed by atoms with Gasteiger partial charge in [0.1, 0.15) is 17.3 Å². The summed E-state index contributed by atoms with van der Waals surface area (Å²) in [5.74, 6) is -0.614. The van der Waals surface area contributed by atoms with Gasteiger partial charge >= 0.3 is 5.91 Å². The van der Waals surface area contributed by atoms with Crippen LogP contribution in [0.25, 0.3) is 16.0 Å². The smallest absolute Gasteiger partial charge is 0.301 e. The zero-order chi connectivity index (χ0) is 24.7. The van der Waals surface area contributed by atoms with E-state index in [-0.39, 0.29) is 11.3 Å². The Morgan fingerprint density at radius 3 is 2.43 bits per heavy atom. The van der Waals surface area contributed by atoms with Crippen LogP contribution in [-0.4, -0.2) is 36.0 Å². The molecule has 1 amide bonds. The molecule has 8 heteroatoms. The Morgan fingerprint density at radius 2 is 1.71 bits per heavy atom. The number of ether oxygens (including phenoxy) is 2. The standard InChI is InChI=1S/C27H22N2O5S/c1-15-7-12-20-21(13-15)35-27(28-20)29-23(17-5-4-6-19(14-17)34-3)22(25(31)26(29)32)24(30)16-8-10-18(33-2)11-9-16/h4-14,23,30H,1-3H3/b24-22+. The van der Waals surface area contributed by atoms with Gasteiger partial charge < -0.3 is 14.6 Å². The number of carbonyl (C=O) groups is 2. The molecule has 0 aliphatic carbocycles. The quantitative estimate of drug-likeness (QED) is 0.236. The Balaban J connectivity index is 1.72. The largest absolute Gasteiger partial charge is 0.507 e. The van der Waals surface area contributed by atoms with Gasteiger partial charge in [-0.15, -0.1) is 0 Å². The summed E-state index contributed by atoms with van der Waals surface area (Å²) in [6.45, 7) is 1.98. The van der Waals surface area contributed by atoms with Gasteiger partial charge in [-0.25, -0.2) is 4.98 Å². The summed E-state index contributed by atoms with van der Waals surface area (Å²) in [5, 5.41) is 11.6. The second-order valence-corrected chi connectivity index (χ2v) is 9.15. The minimum atomic E-state index is -0.881. The average molecular weight is 487 g/mol. The summed E-state index contributed by atoms with van der Waals surface area (Å²) < 4.78 is 11.5. The van der Waals surface area contributed by atoms with Gasteiger partial charge in [0.05, 0.1) is 36.1 Å². The van der Waals surface area contributed by atoms with Crippen molar-refractivity contribution < 1.29 is 24.2 Å². The number of aryl methyl sites for hydroxylation is 1. The number of ketones is 1. The normalized spacial score (nSPS) is 17.2. The van der Waals surface area contributed by atoms with Crippen LogP contribution in [0.3, 0.4) is 0 Å². The number of hydrogen-bond acceptors (Lipinski definition) is 7. The van der Waals surface area contributed by atoms with Crippen LogP contribution in [0.15, 0.2) is 72.3 Å². The maximum atomic E-state index is 13.4. The zero-order valence-corrected chi connectivity index (χ0v) is 20.1. The molecule has 7 nitrogen and oxygen atoms in total. The van der Waals surface area contributed by atoms with E-state index in [2.05, 4.69) is 4.98 Å².